The average Bonchev–Trinajstić information content (AvgIpc) is 2.87. The Morgan fingerprint density at radius 1 is 0.919 bits per heavy atom. The van der Waals surface area contributed by atoms with Gasteiger partial charge < -0.3 is 21.1 Å². The molecule has 0 aliphatic heterocycles. The number of nitrogens with zero attached hydrogens (tertiary/aromatic N) is 1. The van der Waals surface area contributed by atoms with E-state index in [1.54, 1.807) is 12.1 Å². The molecular formula is C27H34N4O6. The lowest BCUT2D eigenvalue weighted by molar-refractivity contribution is -0.148. The number of Topliss-reactive ketones (excluding diaryl/α,β-unsaturated/α-hetero) is 1. The summed E-state index contributed by atoms with van der Waals surface area (Å²) < 4.78 is 5.30. The molecule has 3 atom stereocenters. The molecule has 0 saturated heterocycles. The van der Waals surface area contributed by atoms with E-state index in [1.165, 1.54) is 19.3 Å². The van der Waals surface area contributed by atoms with Gasteiger partial charge in [0.2, 0.25) is 17.6 Å². The minimum Gasteiger partial charge on any atom is -0.461 e. The number of nitrogens with two attached hydrogens (primary N) is 1. The fourth-order valence-corrected chi connectivity index (χ4v) is 3.65. The number of pyridine rings is 1. The average molecular weight is 511 g/mol. The number of carbonyl (C=O) groups is 5. The summed E-state index contributed by atoms with van der Waals surface area (Å²) in [5.41, 5.74) is 6.91. The molecule has 2 rings (SSSR count). The Morgan fingerprint density at radius 3 is 2.16 bits per heavy atom. The zero-order valence-electron chi connectivity index (χ0n) is 21.3. The number of carbonyl (C=O) groups excluding carboxylic acids is 5. The minimum atomic E-state index is -1.18. The molecule has 37 heavy (non-hydrogen) atoms. The molecular weight excluding hydrogens is 476 g/mol. The number of rotatable bonds is 14. The molecule has 0 aliphatic rings. The molecule has 0 aliphatic carbocycles. The van der Waals surface area contributed by atoms with E-state index >= 15 is 0 Å². The van der Waals surface area contributed by atoms with E-state index in [0.29, 0.717) is 12.0 Å². The lowest BCUT2D eigenvalue weighted by atomic mass is 9.93. The van der Waals surface area contributed by atoms with Gasteiger partial charge in [0.25, 0.3) is 5.91 Å². The topological polar surface area (TPSA) is 158 Å². The van der Waals surface area contributed by atoms with E-state index in [1.807, 2.05) is 44.2 Å². The number of aromatic nitrogens is 1. The number of amides is 3. The van der Waals surface area contributed by atoms with Gasteiger partial charge in [-0.25, -0.2) is 0 Å². The van der Waals surface area contributed by atoms with Crippen LogP contribution in [-0.2, 0) is 41.7 Å². The molecule has 0 saturated carbocycles. The zero-order valence-corrected chi connectivity index (χ0v) is 21.3. The zero-order chi connectivity index (χ0) is 27.4. The molecule has 0 spiro atoms. The highest BCUT2D eigenvalue weighted by Crippen LogP contribution is 2.17. The van der Waals surface area contributed by atoms with Crippen molar-refractivity contribution < 1.29 is 28.7 Å². The van der Waals surface area contributed by atoms with Crippen molar-refractivity contribution in [1.82, 2.24) is 15.6 Å². The van der Waals surface area contributed by atoms with Gasteiger partial charge in [-0.15, -0.1) is 0 Å². The molecule has 0 bridgehead atoms. The second-order valence-corrected chi connectivity index (χ2v) is 9.26. The molecule has 3 unspecified atom stereocenters. The van der Waals surface area contributed by atoms with Crippen molar-refractivity contribution >= 4 is 29.5 Å². The smallest absolute Gasteiger partial charge is 0.306 e. The number of nitrogens with one attached hydrogen (secondary N) is 2. The van der Waals surface area contributed by atoms with E-state index < -0.39 is 47.5 Å². The Labute approximate surface area is 216 Å². The van der Waals surface area contributed by atoms with Crippen LogP contribution in [0.25, 0.3) is 0 Å². The maximum Gasteiger partial charge on any atom is 0.306 e. The van der Waals surface area contributed by atoms with Gasteiger partial charge in [0.05, 0.1) is 12.5 Å². The highest BCUT2D eigenvalue weighted by molar-refractivity contribution is 6.38. The molecule has 0 radical (unpaired) electrons. The van der Waals surface area contributed by atoms with Gasteiger partial charge in [0.1, 0.15) is 12.6 Å². The van der Waals surface area contributed by atoms with Crippen LogP contribution in [0.1, 0.15) is 44.7 Å². The van der Waals surface area contributed by atoms with Gasteiger partial charge in [-0.1, -0.05) is 44.2 Å². The van der Waals surface area contributed by atoms with Gasteiger partial charge in [-0.2, -0.15) is 0 Å². The SMILES string of the molecule is CC(C)CC(CC(=O)OCc1ccccc1)C(=O)NC(C)C(=O)C(=O)NC(Cc1ccncc1)C(N)=O. The van der Waals surface area contributed by atoms with E-state index in [2.05, 4.69) is 15.6 Å². The summed E-state index contributed by atoms with van der Waals surface area (Å²) in [5, 5.41) is 4.85. The number of ketones is 1. The van der Waals surface area contributed by atoms with Crippen molar-refractivity contribution in [2.45, 2.75) is 58.7 Å². The first-order valence-corrected chi connectivity index (χ1v) is 12.1. The van der Waals surface area contributed by atoms with Crippen LogP contribution < -0.4 is 16.4 Å². The van der Waals surface area contributed by atoms with Crippen LogP contribution in [0.3, 0.4) is 0 Å². The van der Waals surface area contributed by atoms with Crippen molar-refractivity contribution in [2.75, 3.05) is 0 Å². The standard InChI is InChI=1S/C27H34N4O6/c1-17(2)13-21(15-23(32)37-16-20-7-5-4-6-8-20)26(35)30-18(3)24(33)27(36)31-22(25(28)34)14-19-9-11-29-12-10-19/h4-12,17-18,21-22H,13-16H2,1-3H3,(H2,28,34)(H,30,35)(H,31,36). The Bertz CT molecular complexity index is 1070. The van der Waals surface area contributed by atoms with Crippen molar-refractivity contribution in [3.8, 4) is 0 Å². The van der Waals surface area contributed by atoms with Gasteiger partial charge in [-0.05, 0) is 42.5 Å². The van der Waals surface area contributed by atoms with E-state index in [-0.39, 0.29) is 25.4 Å². The van der Waals surface area contributed by atoms with Gasteiger partial charge in [0.15, 0.2) is 0 Å². The van der Waals surface area contributed by atoms with Crippen LogP contribution in [0.5, 0.6) is 0 Å². The van der Waals surface area contributed by atoms with Crippen LogP contribution in [0.15, 0.2) is 54.9 Å². The van der Waals surface area contributed by atoms with Crippen molar-refractivity contribution in [3.63, 3.8) is 0 Å². The number of esters is 1. The summed E-state index contributed by atoms with van der Waals surface area (Å²) in [6.45, 7) is 5.27. The summed E-state index contributed by atoms with van der Waals surface area (Å²) in [5.74, 6) is -4.52. The Balaban J connectivity index is 1.95. The quantitative estimate of drug-likeness (QED) is 0.256. The third kappa shape index (κ3) is 10.2. The molecule has 198 valence electrons. The lowest BCUT2D eigenvalue weighted by Gasteiger charge is -2.21. The fourth-order valence-electron chi connectivity index (χ4n) is 3.65. The van der Waals surface area contributed by atoms with Crippen LogP contribution in [0, 0.1) is 11.8 Å². The van der Waals surface area contributed by atoms with Crippen LogP contribution in [0.2, 0.25) is 0 Å². The predicted molar refractivity (Wildman–Crippen MR) is 135 cm³/mol. The molecule has 10 heteroatoms. The second-order valence-electron chi connectivity index (χ2n) is 9.26. The van der Waals surface area contributed by atoms with Crippen molar-refractivity contribution in [3.05, 3.63) is 66.0 Å². The summed E-state index contributed by atoms with van der Waals surface area (Å²) in [4.78, 5) is 66.2. The third-order valence-electron chi connectivity index (χ3n) is 5.60. The molecule has 1 aromatic carbocycles. The molecule has 4 N–H and O–H groups in total. The molecule has 3 amide bonds. The van der Waals surface area contributed by atoms with Crippen LogP contribution in [0.4, 0.5) is 0 Å². The molecule has 1 aromatic heterocycles. The molecule has 0 fully saturated rings. The van der Waals surface area contributed by atoms with E-state index in [4.69, 9.17) is 10.5 Å². The number of primary amides is 1. The fraction of sp³-hybridized carbons (Fsp3) is 0.407. The molecule has 10 nitrogen and oxygen atoms in total. The molecule has 2 aromatic rings. The van der Waals surface area contributed by atoms with Crippen LogP contribution >= 0.6 is 0 Å². The maximum absolute atomic E-state index is 12.9. The van der Waals surface area contributed by atoms with Crippen molar-refractivity contribution in [2.24, 2.45) is 17.6 Å². The van der Waals surface area contributed by atoms with Gasteiger partial charge in [-0.3, -0.25) is 29.0 Å². The first-order chi connectivity index (χ1) is 17.6. The van der Waals surface area contributed by atoms with Crippen molar-refractivity contribution in [1.29, 1.82) is 0 Å². The predicted octanol–water partition coefficient (Wildman–Crippen LogP) is 1.46. The number of ether oxygens (including phenoxy) is 1. The Morgan fingerprint density at radius 2 is 1.57 bits per heavy atom. The summed E-state index contributed by atoms with van der Waals surface area (Å²) in [6.07, 6.45) is 3.36. The van der Waals surface area contributed by atoms with Gasteiger partial charge >= 0.3 is 5.97 Å². The van der Waals surface area contributed by atoms with Gasteiger partial charge in [0, 0.05) is 24.7 Å². The first-order valence-electron chi connectivity index (χ1n) is 12.1. The highest BCUT2D eigenvalue weighted by Gasteiger charge is 2.30. The number of hydrogen-bond donors (Lipinski definition) is 3. The first kappa shape index (κ1) is 29.2. The highest BCUT2D eigenvalue weighted by atomic mass is 16.5. The largest absolute Gasteiger partial charge is 0.461 e. The number of hydrogen-bond acceptors (Lipinski definition) is 7. The van der Waals surface area contributed by atoms with Crippen LogP contribution in [-0.4, -0.2) is 46.5 Å². The Kier molecular flexibility index (Phi) is 11.4. The maximum atomic E-state index is 12.9. The molecule has 1 heterocycles. The monoisotopic (exact) mass is 510 g/mol. The summed E-state index contributed by atoms with van der Waals surface area (Å²) in [7, 11) is 0. The Hall–Kier alpha value is -4.08. The lowest BCUT2D eigenvalue weighted by Crippen LogP contribution is -2.53. The third-order valence-corrected chi connectivity index (χ3v) is 5.60. The minimum absolute atomic E-state index is 0.0825. The van der Waals surface area contributed by atoms with E-state index in [9.17, 15) is 24.0 Å². The summed E-state index contributed by atoms with van der Waals surface area (Å²) >= 11 is 0. The summed E-state index contributed by atoms with van der Waals surface area (Å²) in [6, 6.07) is 10.2. The normalized spacial score (nSPS) is 13.2. The van der Waals surface area contributed by atoms with E-state index in [0.717, 1.165) is 5.56 Å². The second kappa shape index (κ2) is 14.5. The number of benzene rings is 1.